The second-order valence-corrected chi connectivity index (χ2v) is 4.81. The summed E-state index contributed by atoms with van der Waals surface area (Å²) >= 11 is 0. The van der Waals surface area contributed by atoms with Gasteiger partial charge in [0.15, 0.2) is 0 Å². The smallest absolute Gasteiger partial charge is 0.249 e. The highest BCUT2D eigenvalue weighted by Crippen LogP contribution is 2.36. The van der Waals surface area contributed by atoms with E-state index in [1.165, 1.54) is 0 Å². The van der Waals surface area contributed by atoms with Crippen LogP contribution in [0.4, 0.5) is 11.4 Å². The molecule has 3 N–H and O–H groups in total. The van der Waals surface area contributed by atoms with Crippen LogP contribution < -0.4 is 16.0 Å². The number of hydrogen-bond donors (Lipinski definition) is 2. The number of hydrogen-bond acceptors (Lipinski definition) is 3. The predicted molar refractivity (Wildman–Crippen MR) is 70.1 cm³/mol. The SMILES string of the molecule is CCN1c2ccc(CN)cc2NC(=O)C1(C)C. The molecule has 0 saturated carbocycles. The van der Waals surface area contributed by atoms with Crippen LogP contribution in [0.1, 0.15) is 26.3 Å². The van der Waals surface area contributed by atoms with Gasteiger partial charge in [-0.05, 0) is 38.5 Å². The maximum absolute atomic E-state index is 12.1. The van der Waals surface area contributed by atoms with Gasteiger partial charge in [-0.1, -0.05) is 6.07 Å². The number of fused-ring (bicyclic) bond motifs is 1. The zero-order chi connectivity index (χ0) is 12.6. The lowest BCUT2D eigenvalue weighted by Crippen LogP contribution is -2.56. The van der Waals surface area contributed by atoms with Crippen molar-refractivity contribution in [3.63, 3.8) is 0 Å². The summed E-state index contributed by atoms with van der Waals surface area (Å²) < 4.78 is 0. The molecule has 2 rings (SSSR count). The minimum atomic E-state index is -0.508. The number of amides is 1. The maximum Gasteiger partial charge on any atom is 0.249 e. The van der Waals surface area contributed by atoms with E-state index < -0.39 is 5.54 Å². The van der Waals surface area contributed by atoms with Crippen LogP contribution in [0, 0.1) is 0 Å². The first-order chi connectivity index (χ1) is 8.00. The van der Waals surface area contributed by atoms with Crippen molar-refractivity contribution < 1.29 is 4.79 Å². The van der Waals surface area contributed by atoms with Gasteiger partial charge in [-0.3, -0.25) is 4.79 Å². The lowest BCUT2D eigenvalue weighted by molar-refractivity contribution is -0.120. The number of nitrogens with one attached hydrogen (secondary N) is 1. The molecule has 0 atom stereocenters. The molecule has 0 bridgehead atoms. The van der Waals surface area contributed by atoms with Gasteiger partial charge in [-0.2, -0.15) is 0 Å². The zero-order valence-electron chi connectivity index (χ0n) is 10.6. The monoisotopic (exact) mass is 233 g/mol. The van der Waals surface area contributed by atoms with E-state index in [1.54, 1.807) is 0 Å². The van der Waals surface area contributed by atoms with E-state index in [-0.39, 0.29) is 5.91 Å². The summed E-state index contributed by atoms with van der Waals surface area (Å²) in [4.78, 5) is 14.2. The van der Waals surface area contributed by atoms with Crippen molar-refractivity contribution in [1.29, 1.82) is 0 Å². The highest BCUT2D eigenvalue weighted by Gasteiger charge is 2.39. The van der Waals surface area contributed by atoms with Crippen LogP contribution in [0.5, 0.6) is 0 Å². The fourth-order valence-electron chi connectivity index (χ4n) is 2.31. The molecule has 1 aliphatic rings. The van der Waals surface area contributed by atoms with Crippen LogP contribution in [0.3, 0.4) is 0 Å². The average Bonchev–Trinajstić information content (AvgIpc) is 2.30. The Morgan fingerprint density at radius 3 is 2.71 bits per heavy atom. The van der Waals surface area contributed by atoms with E-state index in [2.05, 4.69) is 17.1 Å². The minimum absolute atomic E-state index is 0.0287. The number of likely N-dealkylation sites (N-methyl/N-ethyl adjacent to an activating group) is 1. The highest BCUT2D eigenvalue weighted by molar-refractivity contribution is 6.06. The predicted octanol–water partition coefficient (Wildman–Crippen LogP) is 1.70. The Bertz CT molecular complexity index is 454. The lowest BCUT2D eigenvalue weighted by Gasteiger charge is -2.43. The van der Waals surface area contributed by atoms with Gasteiger partial charge in [-0.15, -0.1) is 0 Å². The third kappa shape index (κ3) is 1.78. The molecule has 0 saturated heterocycles. The summed E-state index contributed by atoms with van der Waals surface area (Å²) in [6.07, 6.45) is 0. The molecule has 1 aromatic rings. The third-order valence-corrected chi connectivity index (χ3v) is 3.38. The van der Waals surface area contributed by atoms with Gasteiger partial charge in [0, 0.05) is 13.1 Å². The molecule has 4 heteroatoms. The largest absolute Gasteiger partial charge is 0.356 e. The quantitative estimate of drug-likeness (QED) is 0.817. The second-order valence-electron chi connectivity index (χ2n) is 4.81. The van der Waals surface area contributed by atoms with Gasteiger partial charge in [0.1, 0.15) is 5.54 Å². The number of carbonyl (C=O) groups is 1. The molecule has 4 nitrogen and oxygen atoms in total. The standard InChI is InChI=1S/C13H19N3O/c1-4-16-11-6-5-9(8-14)7-10(11)15-12(17)13(16,2)3/h5-7H,4,8,14H2,1-3H3,(H,15,17). The molecular weight excluding hydrogens is 214 g/mol. The van der Waals surface area contributed by atoms with Crippen LogP contribution in [0.15, 0.2) is 18.2 Å². The molecule has 0 aromatic heterocycles. The van der Waals surface area contributed by atoms with Gasteiger partial charge in [-0.25, -0.2) is 0 Å². The summed E-state index contributed by atoms with van der Waals surface area (Å²) in [5.74, 6) is 0.0287. The van der Waals surface area contributed by atoms with Crippen molar-refractivity contribution in [2.75, 3.05) is 16.8 Å². The molecule has 1 amide bonds. The number of nitrogens with two attached hydrogens (primary N) is 1. The first-order valence-electron chi connectivity index (χ1n) is 5.92. The molecular formula is C13H19N3O. The fourth-order valence-corrected chi connectivity index (χ4v) is 2.31. The molecule has 0 unspecified atom stereocenters. The Morgan fingerprint density at radius 1 is 1.41 bits per heavy atom. The van der Waals surface area contributed by atoms with E-state index >= 15 is 0 Å². The summed E-state index contributed by atoms with van der Waals surface area (Å²) in [7, 11) is 0. The number of nitrogens with zero attached hydrogens (tertiary/aromatic N) is 1. The molecule has 0 fully saturated rings. The van der Waals surface area contributed by atoms with Gasteiger partial charge >= 0.3 is 0 Å². The summed E-state index contributed by atoms with van der Waals surface area (Å²) in [6.45, 7) is 7.21. The zero-order valence-corrected chi connectivity index (χ0v) is 10.6. The van der Waals surface area contributed by atoms with Crippen molar-refractivity contribution in [1.82, 2.24) is 0 Å². The van der Waals surface area contributed by atoms with Gasteiger partial charge in [0.25, 0.3) is 0 Å². The van der Waals surface area contributed by atoms with Gasteiger partial charge in [0.05, 0.1) is 11.4 Å². The molecule has 1 aromatic carbocycles. The van der Waals surface area contributed by atoms with E-state index in [0.717, 1.165) is 23.5 Å². The first-order valence-corrected chi connectivity index (χ1v) is 5.92. The topological polar surface area (TPSA) is 58.4 Å². The van der Waals surface area contributed by atoms with Crippen LogP contribution in [-0.4, -0.2) is 18.0 Å². The van der Waals surface area contributed by atoms with Crippen molar-refractivity contribution in [2.24, 2.45) is 5.73 Å². The van der Waals surface area contributed by atoms with E-state index in [0.29, 0.717) is 6.54 Å². The van der Waals surface area contributed by atoms with Crippen LogP contribution in [-0.2, 0) is 11.3 Å². The Morgan fingerprint density at radius 2 is 2.12 bits per heavy atom. The van der Waals surface area contributed by atoms with Crippen molar-refractivity contribution in [3.05, 3.63) is 23.8 Å². The number of rotatable bonds is 2. The van der Waals surface area contributed by atoms with E-state index in [9.17, 15) is 4.79 Å². The molecule has 0 aliphatic carbocycles. The maximum atomic E-state index is 12.1. The van der Waals surface area contributed by atoms with Crippen molar-refractivity contribution >= 4 is 17.3 Å². The van der Waals surface area contributed by atoms with Gasteiger partial charge < -0.3 is 16.0 Å². The second kappa shape index (κ2) is 4.04. The first kappa shape index (κ1) is 11.9. The molecule has 92 valence electrons. The minimum Gasteiger partial charge on any atom is -0.356 e. The lowest BCUT2D eigenvalue weighted by atomic mass is 9.96. The van der Waals surface area contributed by atoms with E-state index in [1.807, 2.05) is 32.0 Å². The number of anilines is 2. The average molecular weight is 233 g/mol. The summed E-state index contributed by atoms with van der Waals surface area (Å²) in [5.41, 5.74) is 8.06. The number of benzene rings is 1. The molecule has 1 heterocycles. The van der Waals surface area contributed by atoms with E-state index in [4.69, 9.17) is 5.73 Å². The fraction of sp³-hybridized carbons (Fsp3) is 0.462. The highest BCUT2D eigenvalue weighted by atomic mass is 16.2. The van der Waals surface area contributed by atoms with Crippen molar-refractivity contribution in [2.45, 2.75) is 32.9 Å². The van der Waals surface area contributed by atoms with Crippen molar-refractivity contribution in [3.8, 4) is 0 Å². The Hall–Kier alpha value is -1.55. The molecule has 17 heavy (non-hydrogen) atoms. The normalized spacial score (nSPS) is 17.6. The summed E-state index contributed by atoms with van der Waals surface area (Å²) in [6, 6.07) is 5.99. The molecule has 0 radical (unpaired) electrons. The van der Waals surface area contributed by atoms with Crippen LogP contribution in [0.25, 0.3) is 0 Å². The molecule has 1 aliphatic heterocycles. The van der Waals surface area contributed by atoms with Gasteiger partial charge in [0.2, 0.25) is 5.91 Å². The Kier molecular flexibility index (Phi) is 2.83. The Balaban J connectivity index is 2.52. The van der Waals surface area contributed by atoms with Crippen LogP contribution in [0.2, 0.25) is 0 Å². The van der Waals surface area contributed by atoms with Crippen LogP contribution >= 0.6 is 0 Å². The Labute approximate surface area is 102 Å². The number of carbonyl (C=O) groups excluding carboxylic acids is 1. The third-order valence-electron chi connectivity index (χ3n) is 3.38. The summed E-state index contributed by atoms with van der Waals surface area (Å²) in [5, 5.41) is 2.95. The molecule has 0 spiro atoms.